The molecule has 0 aromatic carbocycles. The van der Waals surface area contributed by atoms with Crippen molar-refractivity contribution < 1.29 is 0 Å². The van der Waals surface area contributed by atoms with Crippen LogP contribution in [0.4, 0.5) is 0 Å². The minimum atomic E-state index is 0.713. The van der Waals surface area contributed by atoms with Gasteiger partial charge >= 0.3 is 0 Å². The molecule has 0 aromatic rings. The first kappa shape index (κ1) is 13.0. The van der Waals surface area contributed by atoms with E-state index in [0.29, 0.717) is 6.04 Å². The molecule has 0 amide bonds. The second-order valence-electron chi connectivity index (χ2n) is 5.24. The van der Waals surface area contributed by atoms with Crippen LogP contribution in [0.15, 0.2) is 0 Å². The predicted molar refractivity (Wildman–Crippen MR) is 67.3 cm³/mol. The Morgan fingerprint density at radius 3 is 2.67 bits per heavy atom. The summed E-state index contributed by atoms with van der Waals surface area (Å²) in [5.74, 6) is 0. The number of rotatable bonds is 5. The zero-order valence-electron chi connectivity index (χ0n) is 11.0. The maximum Gasteiger partial charge on any atom is 0.0225 e. The van der Waals surface area contributed by atoms with Crippen molar-refractivity contribution in [2.75, 3.05) is 26.7 Å². The highest BCUT2D eigenvalue weighted by Crippen LogP contribution is 2.20. The lowest BCUT2D eigenvalue weighted by Crippen LogP contribution is -2.49. The van der Waals surface area contributed by atoms with Crippen LogP contribution in [0.5, 0.6) is 0 Å². The molecular formula is C13H28N2. The predicted octanol–water partition coefficient (Wildman–Crippen LogP) is 2.59. The van der Waals surface area contributed by atoms with Crippen molar-refractivity contribution in [2.24, 2.45) is 0 Å². The Morgan fingerprint density at radius 2 is 2.07 bits per heavy atom. The van der Waals surface area contributed by atoms with Crippen molar-refractivity contribution in [3.8, 4) is 0 Å². The molecule has 1 atom stereocenters. The number of likely N-dealkylation sites (tertiary alicyclic amines) is 1. The summed E-state index contributed by atoms with van der Waals surface area (Å²) >= 11 is 0. The van der Waals surface area contributed by atoms with Gasteiger partial charge in [-0.1, -0.05) is 13.3 Å². The van der Waals surface area contributed by atoms with Crippen molar-refractivity contribution in [2.45, 2.75) is 58.5 Å². The monoisotopic (exact) mass is 212 g/mol. The van der Waals surface area contributed by atoms with Crippen LogP contribution in [0.2, 0.25) is 0 Å². The van der Waals surface area contributed by atoms with Crippen LogP contribution >= 0.6 is 0 Å². The van der Waals surface area contributed by atoms with Gasteiger partial charge in [0.05, 0.1) is 0 Å². The molecular weight excluding hydrogens is 184 g/mol. The first-order chi connectivity index (χ1) is 7.15. The lowest BCUT2D eigenvalue weighted by atomic mass is 10.00. The molecule has 1 aliphatic heterocycles. The Labute approximate surface area is 95.6 Å². The summed E-state index contributed by atoms with van der Waals surface area (Å²) in [7, 11) is 2.26. The molecule has 1 heterocycles. The number of nitrogens with zero attached hydrogens (tertiary/aromatic N) is 2. The van der Waals surface area contributed by atoms with Crippen LogP contribution < -0.4 is 0 Å². The number of piperidine rings is 1. The number of hydrogen-bond acceptors (Lipinski definition) is 2. The van der Waals surface area contributed by atoms with Gasteiger partial charge in [-0.25, -0.2) is 0 Å². The van der Waals surface area contributed by atoms with E-state index in [9.17, 15) is 0 Å². The van der Waals surface area contributed by atoms with E-state index in [0.717, 1.165) is 6.04 Å². The summed E-state index contributed by atoms with van der Waals surface area (Å²) in [6.07, 6.45) is 5.48. The molecule has 1 fully saturated rings. The first-order valence-electron chi connectivity index (χ1n) is 6.59. The quantitative estimate of drug-likeness (QED) is 0.691. The fourth-order valence-electron chi connectivity index (χ4n) is 2.73. The summed E-state index contributed by atoms with van der Waals surface area (Å²) in [6.45, 7) is 10.7. The molecule has 15 heavy (non-hydrogen) atoms. The minimum Gasteiger partial charge on any atom is -0.305 e. The molecule has 0 radical (unpaired) electrons. The maximum atomic E-state index is 2.69. The van der Waals surface area contributed by atoms with Crippen molar-refractivity contribution in [1.82, 2.24) is 9.80 Å². The maximum absolute atomic E-state index is 2.69. The highest BCUT2D eigenvalue weighted by molar-refractivity contribution is 4.81. The highest BCUT2D eigenvalue weighted by Gasteiger charge is 2.24. The third kappa shape index (κ3) is 4.12. The van der Waals surface area contributed by atoms with Crippen LogP contribution in [0.1, 0.15) is 46.5 Å². The third-order valence-electron chi connectivity index (χ3n) is 3.46. The average molecular weight is 212 g/mol. The molecule has 1 unspecified atom stereocenters. The zero-order chi connectivity index (χ0) is 11.3. The lowest BCUT2D eigenvalue weighted by molar-refractivity contribution is 0.0852. The second kappa shape index (κ2) is 6.49. The van der Waals surface area contributed by atoms with Gasteiger partial charge in [-0.05, 0) is 53.2 Å². The molecule has 1 aliphatic rings. The van der Waals surface area contributed by atoms with E-state index in [-0.39, 0.29) is 0 Å². The lowest BCUT2D eigenvalue weighted by Gasteiger charge is -2.40. The first-order valence-corrected chi connectivity index (χ1v) is 6.59. The molecule has 0 spiro atoms. The van der Waals surface area contributed by atoms with Gasteiger partial charge in [0.15, 0.2) is 0 Å². The van der Waals surface area contributed by atoms with Crippen molar-refractivity contribution in [1.29, 1.82) is 0 Å². The molecule has 0 saturated carbocycles. The van der Waals surface area contributed by atoms with Gasteiger partial charge in [0.2, 0.25) is 0 Å². The third-order valence-corrected chi connectivity index (χ3v) is 3.46. The topological polar surface area (TPSA) is 6.48 Å². The molecule has 0 bridgehead atoms. The number of hydrogen-bond donors (Lipinski definition) is 0. The largest absolute Gasteiger partial charge is 0.305 e. The Morgan fingerprint density at radius 1 is 1.33 bits per heavy atom. The van der Waals surface area contributed by atoms with Gasteiger partial charge in [-0.15, -0.1) is 0 Å². The van der Waals surface area contributed by atoms with Gasteiger partial charge in [-0.3, -0.25) is 4.90 Å². The van der Waals surface area contributed by atoms with Crippen molar-refractivity contribution >= 4 is 0 Å². The molecule has 0 N–H and O–H groups in total. The SMILES string of the molecule is CCCN(C)CC1CCCCN1C(C)C. The number of likely N-dealkylation sites (N-methyl/N-ethyl adjacent to an activating group) is 1. The van der Waals surface area contributed by atoms with Crippen molar-refractivity contribution in [3.63, 3.8) is 0 Å². The van der Waals surface area contributed by atoms with E-state index in [4.69, 9.17) is 0 Å². The van der Waals surface area contributed by atoms with Crippen molar-refractivity contribution in [3.05, 3.63) is 0 Å². The van der Waals surface area contributed by atoms with E-state index in [2.05, 4.69) is 37.6 Å². The Kier molecular flexibility index (Phi) is 5.62. The van der Waals surface area contributed by atoms with Crippen LogP contribution in [-0.2, 0) is 0 Å². The zero-order valence-corrected chi connectivity index (χ0v) is 11.0. The smallest absolute Gasteiger partial charge is 0.0225 e. The van der Waals surface area contributed by atoms with Gasteiger partial charge < -0.3 is 4.90 Å². The Balaban J connectivity index is 2.42. The summed E-state index contributed by atoms with van der Waals surface area (Å²) in [5.41, 5.74) is 0. The second-order valence-corrected chi connectivity index (χ2v) is 5.24. The summed E-state index contributed by atoms with van der Waals surface area (Å²) in [6, 6.07) is 1.51. The Hall–Kier alpha value is -0.0800. The van der Waals surface area contributed by atoms with E-state index in [1.165, 1.54) is 45.3 Å². The molecule has 2 nitrogen and oxygen atoms in total. The van der Waals surface area contributed by atoms with E-state index < -0.39 is 0 Å². The van der Waals surface area contributed by atoms with Crippen LogP contribution in [0, 0.1) is 0 Å². The normalized spacial score (nSPS) is 24.0. The Bertz CT molecular complexity index is 168. The molecule has 0 aromatic heterocycles. The van der Waals surface area contributed by atoms with E-state index in [1.807, 2.05) is 0 Å². The molecule has 2 heteroatoms. The molecule has 1 saturated heterocycles. The average Bonchev–Trinajstić information content (AvgIpc) is 2.18. The van der Waals surface area contributed by atoms with Crippen LogP contribution in [0.3, 0.4) is 0 Å². The fraction of sp³-hybridized carbons (Fsp3) is 1.00. The highest BCUT2D eigenvalue weighted by atomic mass is 15.2. The summed E-state index contributed by atoms with van der Waals surface area (Å²) < 4.78 is 0. The fourth-order valence-corrected chi connectivity index (χ4v) is 2.73. The van der Waals surface area contributed by atoms with Gasteiger partial charge in [0.25, 0.3) is 0 Å². The van der Waals surface area contributed by atoms with E-state index >= 15 is 0 Å². The molecule has 0 aliphatic carbocycles. The van der Waals surface area contributed by atoms with Gasteiger partial charge in [-0.2, -0.15) is 0 Å². The van der Waals surface area contributed by atoms with Gasteiger partial charge in [0, 0.05) is 18.6 Å². The molecule has 1 rings (SSSR count). The summed E-state index contributed by atoms with van der Waals surface area (Å²) in [5, 5.41) is 0. The van der Waals surface area contributed by atoms with E-state index in [1.54, 1.807) is 0 Å². The van der Waals surface area contributed by atoms with Crippen LogP contribution in [-0.4, -0.2) is 48.6 Å². The van der Waals surface area contributed by atoms with Crippen LogP contribution in [0.25, 0.3) is 0 Å². The summed E-state index contributed by atoms with van der Waals surface area (Å²) in [4.78, 5) is 5.18. The van der Waals surface area contributed by atoms with Gasteiger partial charge in [0.1, 0.15) is 0 Å². The minimum absolute atomic E-state index is 0.713. The standard InChI is InChI=1S/C13H28N2/c1-5-9-14(4)11-13-8-6-7-10-15(13)12(2)3/h12-13H,5-11H2,1-4H3. The molecule has 90 valence electrons.